The van der Waals surface area contributed by atoms with Gasteiger partial charge in [0.25, 0.3) is 5.92 Å². The van der Waals surface area contributed by atoms with Gasteiger partial charge in [-0.05, 0) is 23.8 Å². The van der Waals surface area contributed by atoms with Gasteiger partial charge in [-0.25, -0.2) is 8.78 Å². The first-order valence-corrected chi connectivity index (χ1v) is 4.74. The van der Waals surface area contributed by atoms with E-state index in [1.54, 1.807) is 0 Å². The number of halogens is 4. The molecule has 0 spiro atoms. The Bertz CT molecular complexity index is 374. The van der Waals surface area contributed by atoms with Crippen molar-refractivity contribution in [2.45, 2.75) is 17.9 Å². The van der Waals surface area contributed by atoms with Gasteiger partial charge in [0.15, 0.2) is 0 Å². The van der Waals surface area contributed by atoms with Crippen LogP contribution in [0.4, 0.5) is 8.78 Å². The van der Waals surface area contributed by atoms with Crippen LogP contribution in [0, 0.1) is 0 Å². The first kappa shape index (κ1) is 10.1. The molecule has 1 nitrogen and oxygen atoms in total. The number of hydrogen-bond acceptors (Lipinski definition) is 1. The summed E-state index contributed by atoms with van der Waals surface area (Å²) in [5, 5.41) is 0.639. The van der Waals surface area contributed by atoms with Crippen molar-refractivity contribution in [2.75, 3.05) is 0 Å². The fourth-order valence-electron chi connectivity index (χ4n) is 1.43. The minimum absolute atomic E-state index is 0.292. The van der Waals surface area contributed by atoms with Gasteiger partial charge < -0.3 is 5.73 Å². The SMILES string of the molecule is NC1(c2cc(Cl)cc(Cl)c2)CC1(F)F. The maximum absolute atomic E-state index is 12.9. The van der Waals surface area contributed by atoms with Crippen molar-refractivity contribution in [1.82, 2.24) is 0 Å². The molecule has 2 N–H and O–H groups in total. The highest BCUT2D eigenvalue weighted by Crippen LogP contribution is 2.57. The van der Waals surface area contributed by atoms with Crippen molar-refractivity contribution < 1.29 is 8.78 Å². The maximum atomic E-state index is 12.9. The molecule has 76 valence electrons. The minimum Gasteiger partial charge on any atom is -0.316 e. The molecule has 0 bridgehead atoms. The molecule has 2 rings (SSSR count). The number of nitrogens with two attached hydrogens (primary N) is 1. The zero-order valence-electron chi connectivity index (χ0n) is 7.03. The molecule has 1 fully saturated rings. The van der Waals surface area contributed by atoms with Crippen molar-refractivity contribution in [3.63, 3.8) is 0 Å². The van der Waals surface area contributed by atoms with E-state index >= 15 is 0 Å². The van der Waals surface area contributed by atoms with E-state index in [1.165, 1.54) is 18.2 Å². The largest absolute Gasteiger partial charge is 0.316 e. The van der Waals surface area contributed by atoms with E-state index in [0.29, 0.717) is 15.6 Å². The van der Waals surface area contributed by atoms with Crippen molar-refractivity contribution in [2.24, 2.45) is 5.73 Å². The third-order valence-electron chi connectivity index (χ3n) is 2.41. The second-order valence-electron chi connectivity index (χ2n) is 3.51. The molecule has 0 saturated heterocycles. The van der Waals surface area contributed by atoms with E-state index in [0.717, 1.165) is 0 Å². The van der Waals surface area contributed by atoms with Crippen LogP contribution in [0.15, 0.2) is 18.2 Å². The normalized spacial score (nSPS) is 28.9. The van der Waals surface area contributed by atoms with E-state index < -0.39 is 11.5 Å². The lowest BCUT2D eigenvalue weighted by molar-refractivity contribution is 0.0891. The summed E-state index contributed by atoms with van der Waals surface area (Å²) in [6.07, 6.45) is -0.351. The monoisotopic (exact) mass is 237 g/mol. The van der Waals surface area contributed by atoms with Crippen LogP contribution >= 0.6 is 23.2 Å². The van der Waals surface area contributed by atoms with Gasteiger partial charge in [0.2, 0.25) is 0 Å². The molecule has 5 heteroatoms. The Balaban J connectivity index is 2.44. The highest BCUT2D eigenvalue weighted by Gasteiger charge is 2.70. The Morgan fingerprint density at radius 3 is 1.93 bits per heavy atom. The first-order valence-electron chi connectivity index (χ1n) is 3.98. The second-order valence-corrected chi connectivity index (χ2v) is 4.38. The summed E-state index contributed by atoms with van der Waals surface area (Å²) in [5.41, 5.74) is 4.23. The number of hydrogen-bond donors (Lipinski definition) is 1. The number of rotatable bonds is 1. The van der Waals surface area contributed by atoms with Crippen molar-refractivity contribution in [3.8, 4) is 0 Å². The molecule has 0 aromatic heterocycles. The van der Waals surface area contributed by atoms with E-state index in [4.69, 9.17) is 28.9 Å². The van der Waals surface area contributed by atoms with Crippen molar-refractivity contribution >= 4 is 23.2 Å². The summed E-state index contributed by atoms with van der Waals surface area (Å²) in [5.74, 6) is -2.85. The second kappa shape index (κ2) is 2.81. The van der Waals surface area contributed by atoms with Crippen LogP contribution in [0.25, 0.3) is 0 Å². The molecule has 1 atom stereocenters. The summed E-state index contributed by atoms with van der Waals surface area (Å²) in [4.78, 5) is 0. The molecule has 1 unspecified atom stereocenters. The Kier molecular flexibility index (Phi) is 2.04. The van der Waals surface area contributed by atoms with Crippen LogP contribution in [-0.2, 0) is 5.54 Å². The van der Waals surface area contributed by atoms with Crippen LogP contribution < -0.4 is 5.73 Å². The quantitative estimate of drug-likeness (QED) is 0.798. The van der Waals surface area contributed by atoms with Crippen LogP contribution in [0.1, 0.15) is 12.0 Å². The smallest absolute Gasteiger partial charge is 0.272 e. The molecule has 0 radical (unpaired) electrons. The molecule has 0 heterocycles. The Hall–Kier alpha value is -0.380. The maximum Gasteiger partial charge on any atom is 0.272 e. The van der Waals surface area contributed by atoms with Gasteiger partial charge in [0.05, 0.1) is 0 Å². The standard InChI is InChI=1S/C9H7Cl2F2N/c10-6-1-5(2-7(11)3-6)8(14)4-9(8,12)13/h1-3H,4,14H2. The van der Waals surface area contributed by atoms with Gasteiger partial charge in [0, 0.05) is 16.5 Å². The van der Waals surface area contributed by atoms with Gasteiger partial charge in [-0.15, -0.1) is 0 Å². The van der Waals surface area contributed by atoms with Gasteiger partial charge in [-0.3, -0.25) is 0 Å². The molecule has 1 aromatic rings. The molecule has 1 aromatic carbocycles. The Morgan fingerprint density at radius 1 is 1.14 bits per heavy atom. The third kappa shape index (κ3) is 1.40. The van der Waals surface area contributed by atoms with Crippen LogP contribution in [0.3, 0.4) is 0 Å². The summed E-state index contributed by atoms with van der Waals surface area (Å²) in [6.45, 7) is 0. The summed E-state index contributed by atoms with van der Waals surface area (Å²) >= 11 is 11.4. The van der Waals surface area contributed by atoms with Crippen LogP contribution in [-0.4, -0.2) is 5.92 Å². The summed E-state index contributed by atoms with van der Waals surface area (Å²) in [6, 6.07) is 4.33. The molecule has 0 amide bonds. The van der Waals surface area contributed by atoms with Crippen LogP contribution in [0.5, 0.6) is 0 Å². The minimum atomic E-state index is -2.85. The van der Waals surface area contributed by atoms with E-state index in [-0.39, 0.29) is 6.42 Å². The number of alkyl halides is 2. The Morgan fingerprint density at radius 2 is 1.57 bits per heavy atom. The third-order valence-corrected chi connectivity index (χ3v) is 2.84. The van der Waals surface area contributed by atoms with E-state index in [1.807, 2.05) is 0 Å². The predicted octanol–water partition coefficient (Wildman–Crippen LogP) is 3.19. The van der Waals surface area contributed by atoms with Crippen molar-refractivity contribution in [1.29, 1.82) is 0 Å². The fraction of sp³-hybridized carbons (Fsp3) is 0.333. The fourth-order valence-corrected chi connectivity index (χ4v) is 1.96. The number of benzene rings is 1. The first-order chi connectivity index (χ1) is 6.35. The zero-order valence-corrected chi connectivity index (χ0v) is 8.54. The summed E-state index contributed by atoms with van der Waals surface area (Å²) in [7, 11) is 0. The highest BCUT2D eigenvalue weighted by atomic mass is 35.5. The molecule has 0 aliphatic heterocycles. The van der Waals surface area contributed by atoms with Crippen molar-refractivity contribution in [3.05, 3.63) is 33.8 Å². The van der Waals surface area contributed by atoms with Gasteiger partial charge in [-0.2, -0.15) is 0 Å². The van der Waals surface area contributed by atoms with E-state index in [9.17, 15) is 8.78 Å². The predicted molar refractivity (Wildman–Crippen MR) is 51.9 cm³/mol. The lowest BCUT2D eigenvalue weighted by Crippen LogP contribution is -2.27. The molecule has 1 aliphatic carbocycles. The van der Waals surface area contributed by atoms with Gasteiger partial charge in [0.1, 0.15) is 5.54 Å². The van der Waals surface area contributed by atoms with E-state index in [2.05, 4.69) is 0 Å². The highest BCUT2D eigenvalue weighted by molar-refractivity contribution is 6.34. The average Bonchev–Trinajstić information content (AvgIpc) is 2.50. The Labute approximate surface area is 89.8 Å². The lowest BCUT2D eigenvalue weighted by Gasteiger charge is -2.11. The van der Waals surface area contributed by atoms with Gasteiger partial charge in [-0.1, -0.05) is 23.2 Å². The van der Waals surface area contributed by atoms with Gasteiger partial charge >= 0.3 is 0 Å². The molecule has 1 saturated carbocycles. The molecular formula is C9H7Cl2F2N. The average molecular weight is 238 g/mol. The zero-order chi connectivity index (χ0) is 10.6. The van der Waals surface area contributed by atoms with Crippen LogP contribution in [0.2, 0.25) is 10.0 Å². The molecule has 14 heavy (non-hydrogen) atoms. The molecular weight excluding hydrogens is 231 g/mol. The molecule has 1 aliphatic rings. The summed E-state index contributed by atoms with van der Waals surface area (Å²) < 4.78 is 25.8. The lowest BCUT2D eigenvalue weighted by atomic mass is 10.1. The topological polar surface area (TPSA) is 26.0 Å².